The van der Waals surface area contributed by atoms with Gasteiger partial charge in [0.2, 0.25) is 18.6 Å². The first kappa shape index (κ1) is 25.5. The van der Waals surface area contributed by atoms with E-state index in [0.29, 0.717) is 19.5 Å². The van der Waals surface area contributed by atoms with Crippen LogP contribution in [-0.4, -0.2) is 41.0 Å². The molecule has 1 aliphatic heterocycles. The van der Waals surface area contributed by atoms with Crippen molar-refractivity contribution in [2.75, 3.05) is 13.3 Å². The van der Waals surface area contributed by atoms with Crippen LogP contribution in [0, 0.1) is 0 Å². The molecule has 0 atom stereocenters. The van der Waals surface area contributed by atoms with Crippen molar-refractivity contribution >= 4 is 23.2 Å². The summed E-state index contributed by atoms with van der Waals surface area (Å²) in [5.74, 6) is 1.58. The first-order chi connectivity index (χ1) is 17.1. The van der Waals surface area contributed by atoms with E-state index in [2.05, 4.69) is 13.0 Å². The van der Waals surface area contributed by atoms with Crippen LogP contribution in [0.3, 0.4) is 0 Å². The number of amides is 2. The lowest BCUT2D eigenvalue weighted by molar-refractivity contribution is -0.141. The van der Waals surface area contributed by atoms with Gasteiger partial charge in [-0.2, -0.15) is 0 Å². The third-order valence-electron chi connectivity index (χ3n) is 6.70. The van der Waals surface area contributed by atoms with Gasteiger partial charge in [-0.05, 0) is 48.4 Å². The summed E-state index contributed by atoms with van der Waals surface area (Å²) >= 11 is 1.64. The van der Waals surface area contributed by atoms with Crippen LogP contribution >= 0.6 is 11.3 Å². The SMILES string of the molecule is CCCCCCCCCC(=O)N(CC(=O)N(Cc1ccc2c(c1)OCO2)Cc1cccs1)C1CC1. The van der Waals surface area contributed by atoms with E-state index in [-0.39, 0.29) is 31.2 Å². The fraction of sp³-hybridized carbons (Fsp3) is 0.571. The molecule has 2 aromatic rings. The number of ether oxygens (including phenoxy) is 2. The van der Waals surface area contributed by atoms with Gasteiger partial charge in [-0.3, -0.25) is 9.59 Å². The number of carbonyl (C=O) groups is 2. The summed E-state index contributed by atoms with van der Waals surface area (Å²) in [6.07, 6.45) is 10.8. The normalized spacial score (nSPS) is 14.2. The van der Waals surface area contributed by atoms with Gasteiger partial charge in [0, 0.05) is 23.9 Å². The monoisotopic (exact) mass is 498 g/mol. The molecule has 1 saturated carbocycles. The van der Waals surface area contributed by atoms with Gasteiger partial charge < -0.3 is 19.3 Å². The summed E-state index contributed by atoms with van der Waals surface area (Å²) in [4.78, 5) is 31.4. The number of fused-ring (bicyclic) bond motifs is 1. The molecule has 190 valence electrons. The number of hydrogen-bond donors (Lipinski definition) is 0. The van der Waals surface area contributed by atoms with Crippen LogP contribution in [0.2, 0.25) is 0 Å². The first-order valence-electron chi connectivity index (χ1n) is 13.1. The Balaban J connectivity index is 1.34. The molecule has 0 N–H and O–H groups in total. The molecule has 1 aromatic heterocycles. The number of rotatable bonds is 15. The zero-order valence-corrected chi connectivity index (χ0v) is 21.7. The Kier molecular flexibility index (Phi) is 9.46. The lowest BCUT2D eigenvalue weighted by atomic mass is 10.1. The van der Waals surface area contributed by atoms with E-state index in [4.69, 9.17) is 9.47 Å². The van der Waals surface area contributed by atoms with E-state index in [9.17, 15) is 9.59 Å². The van der Waals surface area contributed by atoms with Crippen LogP contribution in [0.15, 0.2) is 35.7 Å². The summed E-state index contributed by atoms with van der Waals surface area (Å²) in [5, 5.41) is 2.03. The molecular formula is C28H38N2O4S. The van der Waals surface area contributed by atoms with E-state index < -0.39 is 0 Å². The van der Waals surface area contributed by atoms with Crippen molar-refractivity contribution in [2.45, 2.75) is 90.3 Å². The second-order valence-corrected chi connectivity index (χ2v) is 10.7. The van der Waals surface area contributed by atoms with Gasteiger partial charge in [0.15, 0.2) is 11.5 Å². The van der Waals surface area contributed by atoms with Crippen LogP contribution < -0.4 is 9.47 Å². The van der Waals surface area contributed by atoms with Gasteiger partial charge in [-0.1, -0.05) is 57.6 Å². The van der Waals surface area contributed by atoms with Gasteiger partial charge in [0.25, 0.3) is 0 Å². The van der Waals surface area contributed by atoms with Crippen LogP contribution in [-0.2, 0) is 22.7 Å². The molecular weight excluding hydrogens is 460 g/mol. The molecule has 0 saturated heterocycles. The molecule has 35 heavy (non-hydrogen) atoms. The van der Waals surface area contributed by atoms with Gasteiger partial charge >= 0.3 is 0 Å². The van der Waals surface area contributed by atoms with Crippen molar-refractivity contribution in [2.24, 2.45) is 0 Å². The van der Waals surface area contributed by atoms with E-state index in [0.717, 1.165) is 47.6 Å². The number of carbonyl (C=O) groups excluding carboxylic acids is 2. The number of unbranched alkanes of at least 4 members (excludes halogenated alkanes) is 6. The maximum atomic E-state index is 13.5. The molecule has 1 aliphatic carbocycles. The van der Waals surface area contributed by atoms with Crippen LogP contribution in [0.1, 0.15) is 81.6 Å². The fourth-order valence-corrected chi connectivity index (χ4v) is 5.23. The smallest absolute Gasteiger partial charge is 0.242 e. The summed E-state index contributed by atoms with van der Waals surface area (Å²) < 4.78 is 10.9. The zero-order valence-electron chi connectivity index (χ0n) is 20.9. The first-order valence-corrected chi connectivity index (χ1v) is 14.0. The van der Waals surface area contributed by atoms with Crippen molar-refractivity contribution in [3.8, 4) is 11.5 Å². The molecule has 1 fully saturated rings. The lowest BCUT2D eigenvalue weighted by Gasteiger charge is -2.28. The highest BCUT2D eigenvalue weighted by molar-refractivity contribution is 7.09. The number of nitrogens with zero attached hydrogens (tertiary/aromatic N) is 2. The van der Waals surface area contributed by atoms with E-state index >= 15 is 0 Å². The number of hydrogen-bond acceptors (Lipinski definition) is 5. The Morgan fingerprint density at radius 3 is 2.46 bits per heavy atom. The summed E-state index contributed by atoms with van der Waals surface area (Å²) in [7, 11) is 0. The maximum Gasteiger partial charge on any atom is 0.242 e. The topological polar surface area (TPSA) is 59.1 Å². The molecule has 2 amide bonds. The van der Waals surface area contributed by atoms with Crippen LogP contribution in [0.25, 0.3) is 0 Å². The van der Waals surface area contributed by atoms with Crippen molar-refractivity contribution in [1.82, 2.24) is 9.80 Å². The third kappa shape index (κ3) is 7.72. The average molecular weight is 499 g/mol. The molecule has 6 nitrogen and oxygen atoms in total. The summed E-state index contributed by atoms with van der Waals surface area (Å²) in [6, 6.07) is 10.1. The lowest BCUT2D eigenvalue weighted by Crippen LogP contribution is -2.43. The third-order valence-corrected chi connectivity index (χ3v) is 7.56. The van der Waals surface area contributed by atoms with Crippen molar-refractivity contribution in [1.29, 1.82) is 0 Å². The second-order valence-electron chi connectivity index (χ2n) is 9.64. The summed E-state index contributed by atoms with van der Waals surface area (Å²) in [6.45, 7) is 3.63. The Morgan fingerprint density at radius 2 is 1.71 bits per heavy atom. The molecule has 0 bridgehead atoms. The Morgan fingerprint density at radius 1 is 0.943 bits per heavy atom. The molecule has 7 heteroatoms. The second kappa shape index (κ2) is 13.0. The minimum absolute atomic E-state index is 0.00381. The Labute approximate surface area is 213 Å². The largest absolute Gasteiger partial charge is 0.454 e. The van der Waals surface area contributed by atoms with E-state index in [1.807, 2.05) is 39.4 Å². The van der Waals surface area contributed by atoms with Gasteiger partial charge in [0.05, 0.1) is 6.54 Å². The molecule has 0 spiro atoms. The quantitative estimate of drug-likeness (QED) is 0.277. The predicted octanol–water partition coefficient (Wildman–Crippen LogP) is 6.14. The van der Waals surface area contributed by atoms with E-state index in [1.165, 1.54) is 32.1 Å². The van der Waals surface area contributed by atoms with Crippen molar-refractivity contribution < 1.29 is 19.1 Å². The number of thiophene rings is 1. The molecule has 0 unspecified atom stereocenters. The fourth-order valence-electron chi connectivity index (χ4n) is 4.51. The van der Waals surface area contributed by atoms with Gasteiger partial charge in [-0.15, -0.1) is 11.3 Å². The summed E-state index contributed by atoms with van der Waals surface area (Å²) in [5.41, 5.74) is 0.992. The standard InChI is InChI=1S/C28H38N2O4S/c1-2-3-4-5-6-7-8-11-27(31)30(23-13-14-23)20-28(32)29(19-24-10-9-16-35-24)18-22-12-15-25-26(17-22)34-21-33-25/h9-10,12,15-17,23H,2-8,11,13-14,18-21H2,1H3. The average Bonchev–Trinajstić information content (AvgIpc) is 3.35. The minimum atomic E-state index is -0.00381. The Bertz CT molecular complexity index is 958. The van der Waals surface area contributed by atoms with E-state index in [1.54, 1.807) is 11.3 Å². The number of benzene rings is 1. The molecule has 1 aromatic carbocycles. The van der Waals surface area contributed by atoms with Crippen LogP contribution in [0.5, 0.6) is 11.5 Å². The highest BCUT2D eigenvalue weighted by Crippen LogP contribution is 2.33. The molecule has 2 aliphatic rings. The predicted molar refractivity (Wildman–Crippen MR) is 138 cm³/mol. The van der Waals surface area contributed by atoms with Crippen LogP contribution in [0.4, 0.5) is 0 Å². The van der Waals surface area contributed by atoms with Gasteiger partial charge in [-0.25, -0.2) is 0 Å². The minimum Gasteiger partial charge on any atom is -0.454 e. The Hall–Kier alpha value is -2.54. The highest BCUT2D eigenvalue weighted by atomic mass is 32.1. The van der Waals surface area contributed by atoms with Gasteiger partial charge in [0.1, 0.15) is 6.54 Å². The zero-order chi connectivity index (χ0) is 24.5. The van der Waals surface area contributed by atoms with Crippen molar-refractivity contribution in [3.05, 3.63) is 46.2 Å². The maximum absolute atomic E-state index is 13.5. The highest BCUT2D eigenvalue weighted by Gasteiger charge is 2.34. The molecule has 4 rings (SSSR count). The molecule has 0 radical (unpaired) electrons. The van der Waals surface area contributed by atoms with Crippen molar-refractivity contribution in [3.63, 3.8) is 0 Å². The molecule has 2 heterocycles.